The molecular formula is C23H21F3O6. The molecule has 1 heterocycles. The fourth-order valence-corrected chi connectivity index (χ4v) is 2.90. The Balaban J connectivity index is 2.08. The van der Waals surface area contributed by atoms with Crippen LogP contribution >= 0.6 is 0 Å². The number of hydrogen-bond donors (Lipinski definition) is 1. The summed E-state index contributed by atoms with van der Waals surface area (Å²) in [5.74, 6) is -3.86. The third-order valence-electron chi connectivity index (χ3n) is 4.68. The quantitative estimate of drug-likeness (QED) is 0.532. The first-order valence-electron chi connectivity index (χ1n) is 9.63. The highest BCUT2D eigenvalue weighted by Gasteiger charge is 2.40. The molecule has 0 radical (unpaired) electrons. The Kier molecular flexibility index (Phi) is 5.95. The van der Waals surface area contributed by atoms with E-state index in [1.165, 1.54) is 31.2 Å². The summed E-state index contributed by atoms with van der Waals surface area (Å²) >= 11 is 0. The molecule has 1 aromatic heterocycles. The van der Waals surface area contributed by atoms with Crippen LogP contribution in [0.15, 0.2) is 51.7 Å². The van der Waals surface area contributed by atoms with Gasteiger partial charge in [0.15, 0.2) is 6.10 Å². The zero-order valence-corrected chi connectivity index (χ0v) is 17.7. The molecule has 9 heteroatoms. The van der Waals surface area contributed by atoms with Gasteiger partial charge in [0, 0.05) is 6.07 Å². The molecule has 0 saturated carbocycles. The van der Waals surface area contributed by atoms with Crippen LogP contribution in [0.3, 0.4) is 0 Å². The molecule has 0 fully saturated rings. The van der Waals surface area contributed by atoms with Gasteiger partial charge in [-0.2, -0.15) is 13.2 Å². The Morgan fingerprint density at radius 3 is 2.16 bits per heavy atom. The van der Waals surface area contributed by atoms with Crippen molar-refractivity contribution < 1.29 is 37.0 Å². The molecule has 170 valence electrons. The molecule has 0 bridgehead atoms. The van der Waals surface area contributed by atoms with Crippen LogP contribution in [-0.2, 0) is 16.4 Å². The molecule has 3 rings (SSSR count). The Morgan fingerprint density at radius 2 is 1.62 bits per heavy atom. The van der Waals surface area contributed by atoms with Crippen LogP contribution in [0.1, 0.15) is 39.0 Å². The fraction of sp³-hybridized carbons (Fsp3) is 0.304. The summed E-state index contributed by atoms with van der Waals surface area (Å²) in [6.45, 7) is 7.21. The highest BCUT2D eigenvalue weighted by atomic mass is 19.4. The number of aliphatic carboxylic acids is 1. The first kappa shape index (κ1) is 23.2. The Labute approximate surface area is 181 Å². The van der Waals surface area contributed by atoms with Gasteiger partial charge in [0.05, 0.1) is 5.39 Å². The molecule has 3 aromatic rings. The lowest BCUT2D eigenvalue weighted by Crippen LogP contribution is -2.22. The number of carbonyl (C=O) groups is 1. The number of alkyl halides is 3. The molecule has 0 aliphatic rings. The monoisotopic (exact) mass is 450 g/mol. The van der Waals surface area contributed by atoms with Crippen LogP contribution in [-0.4, -0.2) is 17.2 Å². The second-order valence-corrected chi connectivity index (χ2v) is 8.22. The van der Waals surface area contributed by atoms with Gasteiger partial charge < -0.3 is 19.0 Å². The summed E-state index contributed by atoms with van der Waals surface area (Å²) in [7, 11) is 0. The second kappa shape index (κ2) is 8.22. The second-order valence-electron chi connectivity index (χ2n) is 8.22. The van der Waals surface area contributed by atoms with Gasteiger partial charge in [0.25, 0.3) is 5.76 Å². The van der Waals surface area contributed by atoms with Crippen LogP contribution in [0, 0.1) is 0 Å². The zero-order chi connectivity index (χ0) is 23.8. The maximum Gasteiger partial charge on any atom is 0.453 e. The molecule has 2 aromatic carbocycles. The minimum atomic E-state index is -5.01. The number of benzene rings is 2. The molecule has 0 aliphatic heterocycles. The Morgan fingerprint density at radius 1 is 1.03 bits per heavy atom. The van der Waals surface area contributed by atoms with E-state index in [2.05, 4.69) is 0 Å². The number of hydrogen-bond acceptors (Lipinski definition) is 5. The SMILES string of the molecule is C[C@@H](Oc1ccc2c(=O)c(Oc3ccc(C(C)(C)C)cc3)c(C(F)(F)F)oc2c1)C(=O)O. The van der Waals surface area contributed by atoms with Gasteiger partial charge in [0.2, 0.25) is 11.2 Å². The minimum Gasteiger partial charge on any atom is -0.479 e. The minimum absolute atomic E-state index is 0.0467. The number of rotatable bonds is 5. The van der Waals surface area contributed by atoms with Crippen molar-refractivity contribution in [3.05, 3.63) is 64.0 Å². The third kappa shape index (κ3) is 4.87. The average molecular weight is 450 g/mol. The van der Waals surface area contributed by atoms with Crippen molar-refractivity contribution in [2.45, 2.75) is 45.4 Å². The molecule has 0 spiro atoms. The van der Waals surface area contributed by atoms with Crippen LogP contribution < -0.4 is 14.9 Å². The first-order chi connectivity index (χ1) is 14.8. The van der Waals surface area contributed by atoms with Crippen LogP contribution in [0.5, 0.6) is 17.2 Å². The van der Waals surface area contributed by atoms with E-state index in [-0.39, 0.29) is 22.3 Å². The number of ether oxygens (including phenoxy) is 2. The molecule has 6 nitrogen and oxygen atoms in total. The van der Waals surface area contributed by atoms with Crippen molar-refractivity contribution in [2.75, 3.05) is 0 Å². The summed E-state index contributed by atoms with van der Waals surface area (Å²) in [6, 6.07) is 9.88. The Hall–Kier alpha value is -3.49. The summed E-state index contributed by atoms with van der Waals surface area (Å²) in [5.41, 5.74) is -0.658. The van der Waals surface area contributed by atoms with Gasteiger partial charge in [-0.25, -0.2) is 4.79 Å². The van der Waals surface area contributed by atoms with E-state index < -0.39 is 40.8 Å². The number of fused-ring (bicyclic) bond motifs is 1. The maximum absolute atomic E-state index is 13.7. The topological polar surface area (TPSA) is 86.0 Å². The molecule has 0 aliphatic carbocycles. The van der Waals surface area contributed by atoms with Gasteiger partial charge in [-0.05, 0) is 42.2 Å². The normalized spacial score (nSPS) is 13.1. The largest absolute Gasteiger partial charge is 0.479 e. The average Bonchev–Trinajstić information content (AvgIpc) is 2.68. The van der Waals surface area contributed by atoms with Gasteiger partial charge >= 0.3 is 12.1 Å². The molecule has 1 N–H and O–H groups in total. The van der Waals surface area contributed by atoms with Crippen molar-refractivity contribution >= 4 is 16.9 Å². The highest BCUT2D eigenvalue weighted by Crippen LogP contribution is 2.39. The number of halogens is 3. The molecular weight excluding hydrogens is 429 g/mol. The summed E-state index contributed by atoms with van der Waals surface area (Å²) in [5, 5.41) is 8.75. The number of carboxylic acid groups (broad SMARTS) is 1. The van der Waals surface area contributed by atoms with Gasteiger partial charge in [-0.3, -0.25) is 4.79 Å². The van der Waals surface area contributed by atoms with E-state index in [0.29, 0.717) is 0 Å². The van der Waals surface area contributed by atoms with E-state index in [0.717, 1.165) is 11.6 Å². The smallest absolute Gasteiger partial charge is 0.453 e. The molecule has 32 heavy (non-hydrogen) atoms. The fourth-order valence-electron chi connectivity index (χ4n) is 2.90. The number of carboxylic acids is 1. The van der Waals surface area contributed by atoms with E-state index in [1.807, 2.05) is 20.8 Å². The van der Waals surface area contributed by atoms with Crippen molar-refractivity contribution in [2.24, 2.45) is 0 Å². The van der Waals surface area contributed by atoms with E-state index in [4.69, 9.17) is 19.0 Å². The van der Waals surface area contributed by atoms with Crippen molar-refractivity contribution in [1.29, 1.82) is 0 Å². The molecule has 0 amide bonds. The predicted octanol–water partition coefficient (Wildman–Crippen LogP) is 5.75. The Bertz CT molecular complexity index is 1200. The molecule has 1 atom stereocenters. The molecule has 0 unspecified atom stereocenters. The zero-order valence-electron chi connectivity index (χ0n) is 17.7. The molecule has 0 saturated heterocycles. The third-order valence-corrected chi connectivity index (χ3v) is 4.68. The van der Waals surface area contributed by atoms with E-state index in [1.54, 1.807) is 12.1 Å². The lowest BCUT2D eigenvalue weighted by molar-refractivity contribution is -0.154. The highest BCUT2D eigenvalue weighted by molar-refractivity contribution is 5.80. The summed E-state index contributed by atoms with van der Waals surface area (Å²) in [4.78, 5) is 23.8. The van der Waals surface area contributed by atoms with Gasteiger partial charge in [0.1, 0.15) is 17.1 Å². The lowest BCUT2D eigenvalue weighted by Gasteiger charge is -2.19. The van der Waals surface area contributed by atoms with Crippen LogP contribution in [0.2, 0.25) is 0 Å². The first-order valence-corrected chi connectivity index (χ1v) is 9.63. The van der Waals surface area contributed by atoms with Crippen molar-refractivity contribution in [3.8, 4) is 17.2 Å². The van der Waals surface area contributed by atoms with Gasteiger partial charge in [-0.15, -0.1) is 0 Å². The van der Waals surface area contributed by atoms with Crippen molar-refractivity contribution in [3.63, 3.8) is 0 Å². The standard InChI is InChI=1S/C23H21F3O6/c1-12(21(28)29)30-15-9-10-16-17(11-15)32-20(23(24,25)26)19(18(16)27)31-14-7-5-13(6-8-14)22(2,3)4/h5-12H,1-4H3,(H,28,29)/t12-/m1/s1. The van der Waals surface area contributed by atoms with Gasteiger partial charge in [-0.1, -0.05) is 32.9 Å². The summed E-state index contributed by atoms with van der Waals surface area (Å²) < 4.78 is 56.5. The van der Waals surface area contributed by atoms with Crippen molar-refractivity contribution in [1.82, 2.24) is 0 Å². The van der Waals surface area contributed by atoms with E-state index in [9.17, 15) is 22.8 Å². The summed E-state index contributed by atoms with van der Waals surface area (Å²) in [6.07, 6.45) is -6.26. The lowest BCUT2D eigenvalue weighted by atomic mass is 9.87. The predicted molar refractivity (Wildman–Crippen MR) is 110 cm³/mol. The van der Waals surface area contributed by atoms with Crippen LogP contribution in [0.25, 0.3) is 11.0 Å². The van der Waals surface area contributed by atoms with E-state index >= 15 is 0 Å². The maximum atomic E-state index is 13.7. The van der Waals surface area contributed by atoms with Crippen LogP contribution in [0.4, 0.5) is 13.2 Å².